The van der Waals surface area contributed by atoms with Gasteiger partial charge in [0.15, 0.2) is 0 Å². The molecule has 1 aromatic carbocycles. The van der Waals surface area contributed by atoms with Gasteiger partial charge in [-0.2, -0.15) is 0 Å². The maximum absolute atomic E-state index is 5.80. The van der Waals surface area contributed by atoms with Crippen molar-refractivity contribution in [1.29, 1.82) is 0 Å². The van der Waals surface area contributed by atoms with Crippen LogP contribution in [-0.2, 0) is 0 Å². The van der Waals surface area contributed by atoms with Crippen LogP contribution in [0.4, 0.5) is 0 Å². The Balaban J connectivity index is 3.18. The molecule has 0 nitrogen and oxygen atoms in total. The van der Waals surface area contributed by atoms with Crippen LogP contribution in [-0.4, -0.2) is 15.7 Å². The normalized spacial score (nSPS) is 11.7. The Morgan fingerprint density at radius 3 is 2.58 bits per heavy atom. The summed E-state index contributed by atoms with van der Waals surface area (Å²) in [6, 6.07) is 5.96. The number of allylic oxidation sites excluding steroid dienone is 1. The highest BCUT2D eigenvalue weighted by molar-refractivity contribution is 6.35. The van der Waals surface area contributed by atoms with Crippen molar-refractivity contribution in [3.8, 4) is 0 Å². The molecule has 0 fully saturated rings. The van der Waals surface area contributed by atoms with Crippen LogP contribution in [0.1, 0.15) is 18.1 Å². The van der Waals surface area contributed by atoms with E-state index in [0.29, 0.717) is 0 Å². The average Bonchev–Trinajstić information content (AvgIpc) is 2.03. The average molecular weight is 152 g/mol. The van der Waals surface area contributed by atoms with Crippen LogP contribution in [0.25, 0.3) is 5.57 Å². The molecule has 0 spiro atoms. The van der Waals surface area contributed by atoms with E-state index in [1.807, 2.05) is 32.0 Å². The second kappa shape index (κ2) is 3.66. The molecule has 0 aliphatic rings. The summed E-state index contributed by atoms with van der Waals surface area (Å²) < 4.78 is 0. The Labute approximate surface area is 76.5 Å². The summed E-state index contributed by atoms with van der Waals surface area (Å²) in [5.41, 5.74) is 3.98. The Kier molecular flexibility index (Phi) is 2.80. The van der Waals surface area contributed by atoms with E-state index in [1.54, 1.807) is 5.98 Å². The molecule has 0 heterocycles. The van der Waals surface area contributed by atoms with Gasteiger partial charge in [0.1, 0.15) is 15.7 Å². The number of hydrogen-bond donors (Lipinski definition) is 0. The van der Waals surface area contributed by atoms with E-state index < -0.39 is 0 Å². The lowest BCUT2D eigenvalue weighted by Gasteiger charge is -2.06. The minimum absolute atomic E-state index is 0.786. The molecule has 0 amide bonds. The molecule has 1 rings (SSSR count). The molecular weight excluding hydrogens is 142 g/mol. The molecule has 4 radical (unpaired) electrons. The second-order valence-electron chi connectivity index (χ2n) is 2.94. The zero-order valence-corrected chi connectivity index (χ0v) is 7.46. The van der Waals surface area contributed by atoms with Crippen molar-refractivity contribution < 1.29 is 0 Å². The third kappa shape index (κ3) is 1.82. The van der Waals surface area contributed by atoms with E-state index in [9.17, 15) is 0 Å². The highest BCUT2D eigenvalue weighted by Crippen LogP contribution is 2.10. The van der Waals surface area contributed by atoms with Crippen LogP contribution >= 0.6 is 0 Å². The zero-order valence-electron chi connectivity index (χ0n) is 7.46. The highest BCUT2D eigenvalue weighted by atomic mass is 14.0. The van der Waals surface area contributed by atoms with Crippen LogP contribution in [0.15, 0.2) is 24.2 Å². The molecular formula is C10H10B2. The van der Waals surface area contributed by atoms with Gasteiger partial charge in [0.2, 0.25) is 0 Å². The smallest absolute Gasteiger partial charge is 0.114 e. The van der Waals surface area contributed by atoms with Crippen molar-refractivity contribution in [1.82, 2.24) is 0 Å². The van der Waals surface area contributed by atoms with Crippen LogP contribution in [0.3, 0.4) is 0 Å². The van der Waals surface area contributed by atoms with Gasteiger partial charge in [0.05, 0.1) is 0 Å². The van der Waals surface area contributed by atoms with Gasteiger partial charge in [-0.1, -0.05) is 34.8 Å². The molecule has 0 aromatic heterocycles. The first-order valence-corrected chi connectivity index (χ1v) is 3.90. The minimum Gasteiger partial charge on any atom is -0.128 e. The Morgan fingerprint density at radius 1 is 1.42 bits per heavy atom. The number of hydrogen-bond acceptors (Lipinski definition) is 0. The SMILES string of the molecule is [B]/C=C(/C)c1ccc(C)cc1[B]. The molecule has 1 aromatic rings. The molecule has 0 N–H and O–H groups in total. The fourth-order valence-electron chi connectivity index (χ4n) is 1.13. The van der Waals surface area contributed by atoms with Gasteiger partial charge in [-0.05, 0) is 19.4 Å². The summed E-state index contributed by atoms with van der Waals surface area (Å²) >= 11 is 0. The first-order valence-electron chi connectivity index (χ1n) is 3.90. The fraction of sp³-hybridized carbons (Fsp3) is 0.200. The standard InChI is InChI=1S/C10H10B2/c1-7-3-4-9(8(2)6-11)10(12)5-7/h3-6H,1-2H3/b8-6-. The Morgan fingerprint density at radius 2 is 2.08 bits per heavy atom. The molecule has 0 aliphatic carbocycles. The van der Waals surface area contributed by atoms with Gasteiger partial charge in [0.25, 0.3) is 0 Å². The van der Waals surface area contributed by atoms with Crippen LogP contribution in [0.5, 0.6) is 0 Å². The van der Waals surface area contributed by atoms with Gasteiger partial charge in [-0.15, -0.1) is 5.98 Å². The van der Waals surface area contributed by atoms with Gasteiger partial charge in [0, 0.05) is 0 Å². The van der Waals surface area contributed by atoms with Gasteiger partial charge in [-0.3, -0.25) is 0 Å². The molecule has 0 bridgehead atoms. The largest absolute Gasteiger partial charge is 0.128 e. The van der Waals surface area contributed by atoms with Crippen LogP contribution in [0, 0.1) is 6.92 Å². The second-order valence-corrected chi connectivity index (χ2v) is 2.94. The summed E-state index contributed by atoms with van der Waals surface area (Å²) in [5, 5.41) is 0. The minimum atomic E-state index is 0.786. The summed E-state index contributed by atoms with van der Waals surface area (Å²) in [4.78, 5) is 0. The van der Waals surface area contributed by atoms with E-state index in [1.165, 1.54) is 5.56 Å². The molecule has 0 unspecified atom stereocenters. The molecule has 12 heavy (non-hydrogen) atoms. The Hall–Kier alpha value is -0.910. The van der Waals surface area contributed by atoms with E-state index >= 15 is 0 Å². The van der Waals surface area contributed by atoms with Gasteiger partial charge >= 0.3 is 0 Å². The van der Waals surface area contributed by atoms with Gasteiger partial charge < -0.3 is 0 Å². The predicted octanol–water partition coefficient (Wildman–Crippen LogP) is 1.32. The number of aryl methyl sites for hydroxylation is 1. The van der Waals surface area contributed by atoms with E-state index in [-0.39, 0.29) is 0 Å². The molecule has 0 aliphatic heterocycles. The topological polar surface area (TPSA) is 0 Å². The lowest BCUT2D eigenvalue weighted by molar-refractivity contribution is 1.47. The van der Waals surface area contributed by atoms with Crippen LogP contribution < -0.4 is 5.46 Å². The number of benzene rings is 1. The lowest BCUT2D eigenvalue weighted by atomic mass is 9.85. The monoisotopic (exact) mass is 152 g/mol. The molecule has 56 valence electrons. The Bertz CT molecular complexity index is 314. The van der Waals surface area contributed by atoms with Crippen molar-refractivity contribution in [2.24, 2.45) is 0 Å². The summed E-state index contributed by atoms with van der Waals surface area (Å²) in [6.45, 7) is 3.96. The molecule has 0 saturated carbocycles. The third-order valence-corrected chi connectivity index (χ3v) is 1.88. The highest BCUT2D eigenvalue weighted by Gasteiger charge is 1.97. The maximum atomic E-state index is 5.80. The summed E-state index contributed by atoms with van der Waals surface area (Å²) in [6.07, 6.45) is 0. The molecule has 0 atom stereocenters. The zero-order chi connectivity index (χ0) is 9.14. The van der Waals surface area contributed by atoms with Crippen LogP contribution in [0.2, 0.25) is 0 Å². The van der Waals surface area contributed by atoms with Crippen molar-refractivity contribution in [3.05, 3.63) is 35.3 Å². The van der Waals surface area contributed by atoms with Crippen molar-refractivity contribution in [2.75, 3.05) is 0 Å². The first kappa shape index (κ1) is 9.18. The van der Waals surface area contributed by atoms with Crippen molar-refractivity contribution >= 4 is 26.7 Å². The van der Waals surface area contributed by atoms with Crippen molar-refractivity contribution in [3.63, 3.8) is 0 Å². The third-order valence-electron chi connectivity index (χ3n) is 1.88. The quantitative estimate of drug-likeness (QED) is 0.532. The summed E-state index contributed by atoms with van der Waals surface area (Å²) in [7, 11) is 11.2. The van der Waals surface area contributed by atoms with E-state index in [0.717, 1.165) is 16.6 Å². The summed E-state index contributed by atoms with van der Waals surface area (Å²) in [5.74, 6) is 1.57. The van der Waals surface area contributed by atoms with Gasteiger partial charge in [-0.25, -0.2) is 0 Å². The first-order chi connectivity index (χ1) is 5.65. The molecule has 2 heteroatoms. The maximum Gasteiger partial charge on any atom is 0.114 e. The lowest BCUT2D eigenvalue weighted by Crippen LogP contribution is -2.09. The van der Waals surface area contributed by atoms with Crippen molar-refractivity contribution in [2.45, 2.75) is 13.8 Å². The fourth-order valence-corrected chi connectivity index (χ4v) is 1.13. The van der Waals surface area contributed by atoms with E-state index in [2.05, 4.69) is 0 Å². The number of rotatable bonds is 1. The molecule has 0 saturated heterocycles. The predicted molar refractivity (Wildman–Crippen MR) is 56.0 cm³/mol. The van der Waals surface area contributed by atoms with E-state index in [4.69, 9.17) is 15.7 Å².